The van der Waals surface area contributed by atoms with Gasteiger partial charge in [0.2, 0.25) is 0 Å². The van der Waals surface area contributed by atoms with Gasteiger partial charge in [0.25, 0.3) is 0 Å². The third-order valence-electron chi connectivity index (χ3n) is 4.83. The van der Waals surface area contributed by atoms with E-state index in [1.54, 1.807) is 0 Å². The van der Waals surface area contributed by atoms with Crippen molar-refractivity contribution in [2.45, 2.75) is 25.7 Å². The number of likely N-dealkylation sites (tertiary alicyclic amines) is 2. The number of nitrogens with zero attached hydrogens (tertiary/aromatic N) is 2. The summed E-state index contributed by atoms with van der Waals surface area (Å²) >= 11 is 0. The van der Waals surface area contributed by atoms with Crippen molar-refractivity contribution in [1.29, 1.82) is 0 Å². The number of rotatable bonds is 15. The monoisotopic (exact) mass is 342 g/mol. The maximum Gasteiger partial charge on any atom is 0.0701 e. The Balaban J connectivity index is 1.21. The Morgan fingerprint density at radius 2 is 1.08 bits per heavy atom. The van der Waals surface area contributed by atoms with Crippen molar-refractivity contribution in [3.63, 3.8) is 0 Å². The van der Waals surface area contributed by atoms with E-state index in [4.69, 9.17) is 9.47 Å². The summed E-state index contributed by atoms with van der Waals surface area (Å²) in [6.07, 6.45) is 5.46. The van der Waals surface area contributed by atoms with Gasteiger partial charge in [0, 0.05) is 39.3 Å². The van der Waals surface area contributed by atoms with Crippen molar-refractivity contribution in [2.75, 3.05) is 91.9 Å². The molecular weight excluding hydrogens is 304 g/mol. The fraction of sp³-hybridized carbons (Fsp3) is 1.00. The summed E-state index contributed by atoms with van der Waals surface area (Å²) in [6.45, 7) is 14.4. The molecule has 2 fully saturated rings. The quantitative estimate of drug-likeness (QED) is 0.420. The molecule has 2 rings (SSSR count). The van der Waals surface area contributed by atoms with Crippen LogP contribution in [0.25, 0.3) is 0 Å². The molecule has 0 radical (unpaired) electrons. The number of hydrogen-bond acceptors (Lipinski definition) is 6. The Morgan fingerprint density at radius 3 is 1.75 bits per heavy atom. The van der Waals surface area contributed by atoms with Gasteiger partial charge < -0.3 is 29.9 Å². The van der Waals surface area contributed by atoms with Crippen LogP contribution in [-0.2, 0) is 9.47 Å². The average molecular weight is 343 g/mol. The first kappa shape index (κ1) is 20.1. The topological polar surface area (TPSA) is 49.0 Å². The highest BCUT2D eigenvalue weighted by atomic mass is 16.5. The van der Waals surface area contributed by atoms with Gasteiger partial charge in [-0.2, -0.15) is 0 Å². The van der Waals surface area contributed by atoms with Crippen molar-refractivity contribution in [1.82, 2.24) is 20.4 Å². The molecule has 2 saturated heterocycles. The molecule has 0 aromatic heterocycles. The molecule has 0 saturated carbocycles. The van der Waals surface area contributed by atoms with Gasteiger partial charge >= 0.3 is 0 Å². The van der Waals surface area contributed by atoms with Crippen LogP contribution in [0.3, 0.4) is 0 Å². The predicted molar refractivity (Wildman–Crippen MR) is 98.7 cm³/mol. The van der Waals surface area contributed by atoms with Crippen LogP contribution in [0.5, 0.6) is 0 Å². The molecule has 2 N–H and O–H groups in total. The summed E-state index contributed by atoms with van der Waals surface area (Å²) in [5.41, 5.74) is 0. The lowest BCUT2D eigenvalue weighted by Gasteiger charge is -2.15. The van der Waals surface area contributed by atoms with Crippen molar-refractivity contribution >= 4 is 0 Å². The molecule has 2 heterocycles. The molecule has 0 spiro atoms. The lowest BCUT2D eigenvalue weighted by atomic mass is 10.4. The molecule has 0 bridgehead atoms. The van der Waals surface area contributed by atoms with Gasteiger partial charge in [-0.3, -0.25) is 0 Å². The predicted octanol–water partition coefficient (Wildman–Crippen LogP) is 0.390. The van der Waals surface area contributed by atoms with Crippen LogP contribution in [0.1, 0.15) is 25.7 Å². The molecule has 0 amide bonds. The minimum absolute atomic E-state index is 0.704. The molecule has 0 atom stereocenters. The Bertz CT molecular complexity index is 254. The second-order valence-corrected chi connectivity index (χ2v) is 6.82. The molecule has 0 unspecified atom stereocenters. The van der Waals surface area contributed by atoms with Crippen LogP contribution in [0.15, 0.2) is 0 Å². The van der Waals surface area contributed by atoms with E-state index in [0.717, 1.165) is 45.9 Å². The maximum atomic E-state index is 5.61. The maximum absolute atomic E-state index is 5.61. The third-order valence-corrected chi connectivity index (χ3v) is 4.83. The van der Waals surface area contributed by atoms with Crippen LogP contribution < -0.4 is 10.6 Å². The highest BCUT2D eigenvalue weighted by molar-refractivity contribution is 4.67. The lowest BCUT2D eigenvalue weighted by Crippen LogP contribution is -2.34. The summed E-state index contributed by atoms with van der Waals surface area (Å²) < 4.78 is 11.2. The standard InChI is InChI=1S/C18H38N4O2/c1-2-10-21(9-1)13-7-19-5-6-20-8-15-23-17-18-24-16-14-22-11-3-4-12-22/h19-20H,1-18H2. The first-order valence-corrected chi connectivity index (χ1v) is 9.97. The van der Waals surface area contributed by atoms with E-state index in [1.807, 2.05) is 0 Å². The fourth-order valence-corrected chi connectivity index (χ4v) is 3.34. The van der Waals surface area contributed by atoms with E-state index < -0.39 is 0 Å². The normalized spacial score (nSPS) is 19.5. The highest BCUT2D eigenvalue weighted by Gasteiger charge is 2.10. The smallest absolute Gasteiger partial charge is 0.0701 e. The van der Waals surface area contributed by atoms with E-state index in [2.05, 4.69) is 20.4 Å². The molecule has 6 nitrogen and oxygen atoms in total. The summed E-state index contributed by atoms with van der Waals surface area (Å²) in [5.74, 6) is 0. The average Bonchev–Trinajstić information content (AvgIpc) is 3.28. The van der Waals surface area contributed by atoms with Crippen molar-refractivity contribution in [2.24, 2.45) is 0 Å². The molecule has 24 heavy (non-hydrogen) atoms. The van der Waals surface area contributed by atoms with Gasteiger partial charge in [0.1, 0.15) is 0 Å². The zero-order valence-electron chi connectivity index (χ0n) is 15.4. The van der Waals surface area contributed by atoms with Gasteiger partial charge in [-0.1, -0.05) is 0 Å². The van der Waals surface area contributed by atoms with E-state index >= 15 is 0 Å². The lowest BCUT2D eigenvalue weighted by molar-refractivity contribution is 0.0418. The Kier molecular flexibility index (Phi) is 11.7. The second kappa shape index (κ2) is 14.0. The third kappa shape index (κ3) is 9.91. The molecular formula is C18H38N4O2. The fourth-order valence-electron chi connectivity index (χ4n) is 3.34. The summed E-state index contributed by atoms with van der Waals surface area (Å²) in [4.78, 5) is 5.02. The minimum atomic E-state index is 0.704. The Labute approximate surface area is 148 Å². The Morgan fingerprint density at radius 1 is 0.542 bits per heavy atom. The highest BCUT2D eigenvalue weighted by Crippen LogP contribution is 2.06. The van der Waals surface area contributed by atoms with Crippen LogP contribution >= 0.6 is 0 Å². The van der Waals surface area contributed by atoms with Crippen molar-refractivity contribution in [3.8, 4) is 0 Å². The van der Waals surface area contributed by atoms with Gasteiger partial charge in [0.15, 0.2) is 0 Å². The molecule has 0 aliphatic carbocycles. The van der Waals surface area contributed by atoms with Crippen molar-refractivity contribution < 1.29 is 9.47 Å². The second-order valence-electron chi connectivity index (χ2n) is 6.82. The molecule has 0 aromatic carbocycles. The number of nitrogens with one attached hydrogen (secondary N) is 2. The van der Waals surface area contributed by atoms with Gasteiger partial charge in [-0.25, -0.2) is 0 Å². The molecule has 6 heteroatoms. The van der Waals surface area contributed by atoms with Gasteiger partial charge in [-0.05, 0) is 51.9 Å². The van der Waals surface area contributed by atoms with E-state index in [1.165, 1.54) is 58.4 Å². The minimum Gasteiger partial charge on any atom is -0.378 e. The zero-order valence-corrected chi connectivity index (χ0v) is 15.4. The summed E-state index contributed by atoms with van der Waals surface area (Å²) in [5, 5.41) is 6.90. The van der Waals surface area contributed by atoms with Crippen LogP contribution in [0.2, 0.25) is 0 Å². The van der Waals surface area contributed by atoms with Crippen LogP contribution in [0.4, 0.5) is 0 Å². The molecule has 0 aromatic rings. The molecule has 2 aliphatic heterocycles. The number of hydrogen-bond donors (Lipinski definition) is 2. The van der Waals surface area contributed by atoms with Gasteiger partial charge in [0.05, 0.1) is 26.4 Å². The van der Waals surface area contributed by atoms with E-state index in [9.17, 15) is 0 Å². The zero-order chi connectivity index (χ0) is 16.7. The SMILES string of the molecule is C1CCN(CCNCCNCCOCCOCCN2CCCC2)C1. The van der Waals surface area contributed by atoms with Gasteiger partial charge in [-0.15, -0.1) is 0 Å². The Hall–Kier alpha value is -0.240. The van der Waals surface area contributed by atoms with Crippen LogP contribution in [0, 0.1) is 0 Å². The number of ether oxygens (including phenoxy) is 2. The van der Waals surface area contributed by atoms with Crippen LogP contribution in [-0.4, -0.2) is 102 Å². The molecule has 2 aliphatic rings. The van der Waals surface area contributed by atoms with E-state index in [0.29, 0.717) is 13.2 Å². The first-order valence-electron chi connectivity index (χ1n) is 9.97. The first-order chi connectivity index (χ1) is 11.9. The summed E-state index contributed by atoms with van der Waals surface area (Å²) in [6, 6.07) is 0. The van der Waals surface area contributed by atoms with Crippen molar-refractivity contribution in [3.05, 3.63) is 0 Å². The summed E-state index contributed by atoms with van der Waals surface area (Å²) in [7, 11) is 0. The van der Waals surface area contributed by atoms with E-state index in [-0.39, 0.29) is 0 Å². The molecule has 142 valence electrons. The largest absolute Gasteiger partial charge is 0.378 e.